The lowest BCUT2D eigenvalue weighted by Gasteiger charge is -2.22. The van der Waals surface area contributed by atoms with Crippen LogP contribution in [0.5, 0.6) is 0 Å². The van der Waals surface area contributed by atoms with Crippen LogP contribution in [0.2, 0.25) is 0 Å². The Morgan fingerprint density at radius 1 is 1.21 bits per heavy atom. The van der Waals surface area contributed by atoms with Crippen LogP contribution in [0.25, 0.3) is 10.9 Å². The average molecular weight is 257 g/mol. The van der Waals surface area contributed by atoms with Gasteiger partial charge in [0.1, 0.15) is 0 Å². The van der Waals surface area contributed by atoms with Gasteiger partial charge in [0, 0.05) is 23.6 Å². The summed E-state index contributed by atoms with van der Waals surface area (Å²) in [6, 6.07) is 7.46. The number of carboxylic acids is 1. The first-order valence-electron chi connectivity index (χ1n) is 7.07. The van der Waals surface area contributed by atoms with Crippen molar-refractivity contribution in [3.63, 3.8) is 0 Å². The van der Waals surface area contributed by atoms with Gasteiger partial charge in [0.15, 0.2) is 0 Å². The number of hydrogen-bond donors (Lipinski definition) is 1. The Balaban J connectivity index is 1.92. The molecule has 0 radical (unpaired) electrons. The van der Waals surface area contributed by atoms with Gasteiger partial charge in [-0.05, 0) is 37.0 Å². The van der Waals surface area contributed by atoms with E-state index in [9.17, 15) is 9.90 Å². The molecule has 3 nitrogen and oxygen atoms in total. The third-order valence-corrected chi connectivity index (χ3v) is 4.22. The molecule has 100 valence electrons. The van der Waals surface area contributed by atoms with E-state index < -0.39 is 5.97 Å². The zero-order valence-electron chi connectivity index (χ0n) is 11.0. The summed E-state index contributed by atoms with van der Waals surface area (Å²) in [5.41, 5.74) is 1.45. The Morgan fingerprint density at radius 2 is 2.00 bits per heavy atom. The van der Waals surface area contributed by atoms with Gasteiger partial charge >= 0.3 is 5.97 Å². The van der Waals surface area contributed by atoms with Gasteiger partial charge in [0.2, 0.25) is 0 Å². The van der Waals surface area contributed by atoms with Crippen LogP contribution in [0.1, 0.15) is 42.5 Å². The number of rotatable bonds is 3. The Kier molecular flexibility index (Phi) is 3.28. The summed E-state index contributed by atoms with van der Waals surface area (Å²) in [5, 5.41) is 10.1. The van der Waals surface area contributed by atoms with Crippen molar-refractivity contribution in [2.24, 2.45) is 5.92 Å². The summed E-state index contributed by atoms with van der Waals surface area (Å²) in [7, 11) is 0. The molecule has 1 heterocycles. The van der Waals surface area contributed by atoms with E-state index in [-0.39, 0.29) is 0 Å². The standard InChI is InChI=1S/C16H19NO2/c18-16(19)14-7-4-8-15-13(14)9-10-17(15)11-12-5-2-1-3-6-12/h4,7-10,12H,1-3,5-6,11H2,(H,18,19). The van der Waals surface area contributed by atoms with Crippen molar-refractivity contribution in [2.75, 3.05) is 0 Å². The van der Waals surface area contributed by atoms with Crippen LogP contribution in [0.3, 0.4) is 0 Å². The van der Waals surface area contributed by atoms with Gasteiger partial charge in [-0.1, -0.05) is 25.3 Å². The van der Waals surface area contributed by atoms with E-state index >= 15 is 0 Å². The number of hydrogen-bond acceptors (Lipinski definition) is 1. The Morgan fingerprint density at radius 3 is 2.74 bits per heavy atom. The topological polar surface area (TPSA) is 42.2 Å². The van der Waals surface area contributed by atoms with Gasteiger partial charge in [-0.15, -0.1) is 0 Å². The van der Waals surface area contributed by atoms with Crippen LogP contribution in [-0.2, 0) is 6.54 Å². The number of nitrogens with zero attached hydrogens (tertiary/aromatic N) is 1. The first-order valence-corrected chi connectivity index (χ1v) is 7.07. The third kappa shape index (κ3) is 2.37. The Bertz CT molecular complexity index is 594. The molecule has 0 amide bonds. The van der Waals surface area contributed by atoms with E-state index in [0.717, 1.165) is 23.4 Å². The highest BCUT2D eigenvalue weighted by Gasteiger charge is 2.16. The summed E-state index contributed by atoms with van der Waals surface area (Å²) < 4.78 is 2.22. The number of carbonyl (C=O) groups is 1. The summed E-state index contributed by atoms with van der Waals surface area (Å²) in [4.78, 5) is 11.2. The van der Waals surface area contributed by atoms with Gasteiger partial charge in [-0.2, -0.15) is 0 Å². The fourth-order valence-corrected chi connectivity index (χ4v) is 3.22. The van der Waals surface area contributed by atoms with E-state index in [1.54, 1.807) is 6.07 Å². The van der Waals surface area contributed by atoms with E-state index in [2.05, 4.69) is 4.57 Å². The molecule has 1 N–H and O–H groups in total. The summed E-state index contributed by atoms with van der Waals surface area (Å²) in [6.07, 6.45) is 8.68. The Labute approximate surface area is 112 Å². The zero-order valence-corrected chi connectivity index (χ0v) is 11.0. The monoisotopic (exact) mass is 257 g/mol. The van der Waals surface area contributed by atoms with Crippen LogP contribution in [-0.4, -0.2) is 15.6 Å². The lowest BCUT2D eigenvalue weighted by molar-refractivity contribution is 0.0699. The van der Waals surface area contributed by atoms with E-state index in [1.807, 2.05) is 24.4 Å². The van der Waals surface area contributed by atoms with Crippen molar-refractivity contribution in [1.29, 1.82) is 0 Å². The van der Waals surface area contributed by atoms with Gasteiger partial charge in [-0.3, -0.25) is 0 Å². The highest BCUT2D eigenvalue weighted by molar-refractivity contribution is 6.02. The second-order valence-electron chi connectivity index (χ2n) is 5.52. The molecule has 1 fully saturated rings. The molecule has 1 saturated carbocycles. The SMILES string of the molecule is O=C(O)c1cccc2c1ccn2CC1CCCCC1. The minimum Gasteiger partial charge on any atom is -0.478 e. The van der Waals surface area contributed by atoms with Gasteiger partial charge in [0.05, 0.1) is 5.56 Å². The number of fused-ring (bicyclic) bond motifs is 1. The summed E-state index contributed by atoms with van der Waals surface area (Å²) in [5.74, 6) is -0.0983. The molecule has 0 bridgehead atoms. The fourth-order valence-electron chi connectivity index (χ4n) is 3.22. The molecule has 1 aliphatic carbocycles. The van der Waals surface area contributed by atoms with Crippen molar-refractivity contribution in [1.82, 2.24) is 4.57 Å². The first kappa shape index (κ1) is 12.3. The summed E-state index contributed by atoms with van der Waals surface area (Å²) in [6.45, 7) is 1.02. The van der Waals surface area contributed by atoms with Crippen LogP contribution in [0, 0.1) is 5.92 Å². The maximum absolute atomic E-state index is 11.2. The minimum absolute atomic E-state index is 0.403. The van der Waals surface area contributed by atoms with Crippen LogP contribution in [0.4, 0.5) is 0 Å². The second-order valence-corrected chi connectivity index (χ2v) is 5.52. The largest absolute Gasteiger partial charge is 0.478 e. The molecular weight excluding hydrogens is 238 g/mol. The predicted molar refractivity (Wildman–Crippen MR) is 75.5 cm³/mol. The highest BCUT2D eigenvalue weighted by Crippen LogP contribution is 2.27. The predicted octanol–water partition coefficient (Wildman–Crippen LogP) is 3.92. The average Bonchev–Trinajstić information content (AvgIpc) is 2.83. The van der Waals surface area contributed by atoms with Crippen LogP contribution < -0.4 is 0 Å². The number of benzene rings is 1. The van der Waals surface area contributed by atoms with Gasteiger partial charge in [-0.25, -0.2) is 4.79 Å². The quantitative estimate of drug-likeness (QED) is 0.905. The first-order chi connectivity index (χ1) is 9.25. The maximum atomic E-state index is 11.2. The van der Waals surface area contributed by atoms with Crippen molar-refractivity contribution >= 4 is 16.9 Å². The molecule has 0 aliphatic heterocycles. The molecule has 2 aromatic rings. The molecule has 1 aliphatic rings. The van der Waals surface area contributed by atoms with Crippen LogP contribution >= 0.6 is 0 Å². The summed E-state index contributed by atoms with van der Waals surface area (Å²) >= 11 is 0. The molecular formula is C16H19NO2. The van der Waals surface area contributed by atoms with Crippen molar-refractivity contribution in [3.05, 3.63) is 36.0 Å². The van der Waals surface area contributed by atoms with Crippen molar-refractivity contribution in [3.8, 4) is 0 Å². The number of aromatic carboxylic acids is 1. The lowest BCUT2D eigenvalue weighted by Crippen LogP contribution is -2.13. The number of carboxylic acid groups (broad SMARTS) is 1. The molecule has 3 rings (SSSR count). The van der Waals surface area contributed by atoms with Crippen LogP contribution in [0.15, 0.2) is 30.5 Å². The minimum atomic E-state index is -0.846. The Hall–Kier alpha value is -1.77. The van der Waals surface area contributed by atoms with Crippen molar-refractivity contribution in [2.45, 2.75) is 38.6 Å². The zero-order chi connectivity index (χ0) is 13.2. The van der Waals surface area contributed by atoms with E-state index in [1.165, 1.54) is 32.1 Å². The molecule has 0 spiro atoms. The molecule has 0 saturated heterocycles. The lowest BCUT2D eigenvalue weighted by atomic mass is 9.89. The molecule has 1 aromatic carbocycles. The van der Waals surface area contributed by atoms with Crippen molar-refractivity contribution < 1.29 is 9.90 Å². The highest BCUT2D eigenvalue weighted by atomic mass is 16.4. The molecule has 0 unspecified atom stereocenters. The molecule has 3 heteroatoms. The third-order valence-electron chi connectivity index (χ3n) is 4.22. The van der Waals surface area contributed by atoms with Gasteiger partial charge < -0.3 is 9.67 Å². The second kappa shape index (κ2) is 5.08. The maximum Gasteiger partial charge on any atom is 0.336 e. The molecule has 19 heavy (non-hydrogen) atoms. The van der Waals surface area contributed by atoms with E-state index in [4.69, 9.17) is 0 Å². The smallest absolute Gasteiger partial charge is 0.336 e. The van der Waals surface area contributed by atoms with E-state index in [0.29, 0.717) is 5.56 Å². The molecule has 0 atom stereocenters. The molecule has 1 aromatic heterocycles. The fraction of sp³-hybridized carbons (Fsp3) is 0.438. The number of aromatic nitrogens is 1. The van der Waals surface area contributed by atoms with Gasteiger partial charge in [0.25, 0.3) is 0 Å². The normalized spacial score (nSPS) is 16.8.